The first-order valence-electron chi connectivity index (χ1n) is 6.53. The first-order chi connectivity index (χ1) is 9.24. The molecule has 1 aliphatic rings. The maximum absolute atomic E-state index is 12.3. The zero-order valence-corrected chi connectivity index (χ0v) is 10.8. The van der Waals surface area contributed by atoms with Gasteiger partial charge in [-0.1, -0.05) is 6.92 Å². The number of carbonyl (C=O) groups excluding carboxylic acids is 1. The highest BCUT2D eigenvalue weighted by Crippen LogP contribution is 2.12. The maximum Gasteiger partial charge on any atom is 0.255 e. The van der Waals surface area contributed by atoms with Crippen LogP contribution in [0.15, 0.2) is 24.8 Å². The second kappa shape index (κ2) is 4.97. The van der Waals surface area contributed by atoms with Crippen molar-refractivity contribution in [2.75, 3.05) is 13.1 Å². The topological polar surface area (TPSA) is 71.3 Å². The number of fused-ring (bicyclic) bond motifs is 1. The third-order valence-electron chi connectivity index (χ3n) is 3.48. The maximum atomic E-state index is 12.3. The molecule has 3 rings (SSSR count). The van der Waals surface area contributed by atoms with Crippen molar-refractivity contribution in [2.24, 2.45) is 5.92 Å². The fourth-order valence-corrected chi connectivity index (χ4v) is 2.54. The van der Waals surface area contributed by atoms with Crippen LogP contribution in [0.25, 0.3) is 5.52 Å². The van der Waals surface area contributed by atoms with Crippen LogP contribution in [0.4, 0.5) is 0 Å². The smallest absolute Gasteiger partial charge is 0.255 e. The number of hydrogen-bond acceptors (Lipinski definition) is 4. The van der Waals surface area contributed by atoms with Gasteiger partial charge in [-0.15, -0.1) is 0 Å². The lowest BCUT2D eigenvalue weighted by molar-refractivity contribution is 0.0927. The summed E-state index contributed by atoms with van der Waals surface area (Å²) in [5, 5.41) is 10.5. The van der Waals surface area contributed by atoms with Crippen molar-refractivity contribution in [3.8, 4) is 0 Å². The normalized spacial score (nSPS) is 23.4. The van der Waals surface area contributed by atoms with E-state index >= 15 is 0 Å². The van der Waals surface area contributed by atoms with Gasteiger partial charge in [0.25, 0.3) is 5.91 Å². The van der Waals surface area contributed by atoms with Crippen LogP contribution in [-0.2, 0) is 0 Å². The lowest BCUT2D eigenvalue weighted by Crippen LogP contribution is -2.48. The van der Waals surface area contributed by atoms with Crippen LogP contribution in [0.1, 0.15) is 23.7 Å². The first-order valence-corrected chi connectivity index (χ1v) is 6.53. The third kappa shape index (κ3) is 2.44. The van der Waals surface area contributed by atoms with Crippen molar-refractivity contribution in [2.45, 2.75) is 19.4 Å². The van der Waals surface area contributed by atoms with Crippen molar-refractivity contribution in [3.63, 3.8) is 0 Å². The van der Waals surface area contributed by atoms with E-state index in [1.54, 1.807) is 29.3 Å². The summed E-state index contributed by atoms with van der Waals surface area (Å²) in [4.78, 5) is 16.3. The summed E-state index contributed by atoms with van der Waals surface area (Å²) in [6, 6.07) is 0.183. The lowest BCUT2D eigenvalue weighted by Gasteiger charge is -2.28. The molecule has 1 fully saturated rings. The monoisotopic (exact) mass is 259 g/mol. The molecule has 6 nitrogen and oxygen atoms in total. The minimum Gasteiger partial charge on any atom is -0.348 e. The zero-order valence-electron chi connectivity index (χ0n) is 10.8. The van der Waals surface area contributed by atoms with Crippen molar-refractivity contribution >= 4 is 11.4 Å². The van der Waals surface area contributed by atoms with Crippen LogP contribution < -0.4 is 10.6 Å². The SMILES string of the molecule is CC1CNCC(NC(=O)c2cnn3ccncc23)C1. The Labute approximate surface area is 111 Å². The van der Waals surface area contributed by atoms with Gasteiger partial charge in [0.05, 0.1) is 23.5 Å². The summed E-state index contributed by atoms with van der Waals surface area (Å²) in [5.41, 5.74) is 1.31. The highest BCUT2D eigenvalue weighted by atomic mass is 16.1. The van der Waals surface area contributed by atoms with Crippen LogP contribution in [0.5, 0.6) is 0 Å². The van der Waals surface area contributed by atoms with E-state index in [0.717, 1.165) is 25.0 Å². The highest BCUT2D eigenvalue weighted by Gasteiger charge is 2.22. The molecule has 100 valence electrons. The minimum absolute atomic E-state index is 0.0797. The molecule has 6 heteroatoms. The second-order valence-electron chi connectivity index (χ2n) is 5.13. The molecule has 2 N–H and O–H groups in total. The standard InChI is InChI=1S/C13H17N5O/c1-9-4-10(6-15-5-9)17-13(19)11-7-16-18-3-2-14-8-12(11)18/h2-3,7-10,15H,4-6H2,1H3,(H,17,19). The Balaban J connectivity index is 1.76. The molecule has 2 unspecified atom stereocenters. The number of piperidine rings is 1. The Bertz CT molecular complexity index is 593. The second-order valence-corrected chi connectivity index (χ2v) is 5.13. The van der Waals surface area contributed by atoms with E-state index in [0.29, 0.717) is 11.5 Å². The predicted octanol–water partition coefficient (Wildman–Crippen LogP) is 0.457. The molecule has 19 heavy (non-hydrogen) atoms. The number of hydrogen-bond donors (Lipinski definition) is 2. The van der Waals surface area contributed by atoms with Crippen LogP contribution in [-0.4, -0.2) is 39.6 Å². The fraction of sp³-hybridized carbons (Fsp3) is 0.462. The van der Waals surface area contributed by atoms with E-state index in [-0.39, 0.29) is 11.9 Å². The molecular formula is C13H17N5O. The Morgan fingerprint density at radius 3 is 3.21 bits per heavy atom. The van der Waals surface area contributed by atoms with Gasteiger partial charge in [-0.3, -0.25) is 9.78 Å². The molecule has 1 saturated heterocycles. The van der Waals surface area contributed by atoms with Gasteiger partial charge in [-0.2, -0.15) is 5.10 Å². The number of rotatable bonds is 2. The van der Waals surface area contributed by atoms with Gasteiger partial charge >= 0.3 is 0 Å². The summed E-state index contributed by atoms with van der Waals surface area (Å²) >= 11 is 0. The Hall–Kier alpha value is -1.95. The van der Waals surface area contributed by atoms with Gasteiger partial charge in [0.2, 0.25) is 0 Å². The van der Waals surface area contributed by atoms with Gasteiger partial charge in [0, 0.05) is 25.0 Å². The summed E-state index contributed by atoms with van der Waals surface area (Å²) in [6.45, 7) is 4.03. The average molecular weight is 259 g/mol. The summed E-state index contributed by atoms with van der Waals surface area (Å²) < 4.78 is 1.66. The summed E-state index contributed by atoms with van der Waals surface area (Å²) in [5.74, 6) is 0.508. The van der Waals surface area contributed by atoms with Crippen molar-refractivity contribution in [3.05, 3.63) is 30.4 Å². The minimum atomic E-state index is -0.0797. The Morgan fingerprint density at radius 2 is 2.37 bits per heavy atom. The van der Waals surface area contributed by atoms with Crippen LogP contribution in [0, 0.1) is 5.92 Å². The molecule has 0 spiro atoms. The van der Waals surface area contributed by atoms with E-state index in [1.807, 2.05) is 0 Å². The van der Waals surface area contributed by atoms with Gasteiger partial charge < -0.3 is 10.6 Å². The van der Waals surface area contributed by atoms with Gasteiger partial charge in [-0.25, -0.2) is 4.52 Å². The van der Waals surface area contributed by atoms with E-state index in [4.69, 9.17) is 0 Å². The van der Waals surface area contributed by atoms with E-state index < -0.39 is 0 Å². The van der Waals surface area contributed by atoms with Crippen LogP contribution in [0.3, 0.4) is 0 Å². The van der Waals surface area contributed by atoms with Crippen molar-refractivity contribution in [1.29, 1.82) is 0 Å². The molecule has 0 bridgehead atoms. The average Bonchev–Trinajstić information content (AvgIpc) is 2.82. The van der Waals surface area contributed by atoms with Gasteiger partial charge in [-0.05, 0) is 18.9 Å². The number of carbonyl (C=O) groups is 1. The third-order valence-corrected chi connectivity index (χ3v) is 3.48. The largest absolute Gasteiger partial charge is 0.348 e. The van der Waals surface area contributed by atoms with Gasteiger partial charge in [0.1, 0.15) is 0 Å². The molecule has 2 aromatic heterocycles. The van der Waals surface area contributed by atoms with E-state index in [9.17, 15) is 4.79 Å². The quantitative estimate of drug-likeness (QED) is 0.822. The molecule has 0 aromatic carbocycles. The Kier molecular flexibility index (Phi) is 3.16. The van der Waals surface area contributed by atoms with Crippen LogP contribution >= 0.6 is 0 Å². The van der Waals surface area contributed by atoms with Gasteiger partial charge in [0.15, 0.2) is 0 Å². The molecule has 1 aliphatic heterocycles. The Morgan fingerprint density at radius 1 is 1.47 bits per heavy atom. The molecule has 2 atom stereocenters. The number of nitrogens with zero attached hydrogens (tertiary/aromatic N) is 3. The molecular weight excluding hydrogens is 242 g/mol. The van der Waals surface area contributed by atoms with E-state index in [2.05, 4.69) is 27.6 Å². The molecule has 3 heterocycles. The molecule has 0 aliphatic carbocycles. The van der Waals surface area contributed by atoms with Crippen LogP contribution in [0.2, 0.25) is 0 Å². The number of nitrogens with one attached hydrogen (secondary N) is 2. The van der Waals surface area contributed by atoms with Crippen molar-refractivity contribution < 1.29 is 4.79 Å². The summed E-state index contributed by atoms with van der Waals surface area (Å²) in [6.07, 6.45) is 7.64. The fourth-order valence-electron chi connectivity index (χ4n) is 2.54. The van der Waals surface area contributed by atoms with E-state index in [1.165, 1.54) is 0 Å². The lowest BCUT2D eigenvalue weighted by atomic mass is 9.97. The number of amides is 1. The zero-order chi connectivity index (χ0) is 13.2. The first kappa shape index (κ1) is 12.1. The molecule has 0 radical (unpaired) electrons. The molecule has 1 amide bonds. The summed E-state index contributed by atoms with van der Waals surface area (Å²) in [7, 11) is 0. The predicted molar refractivity (Wildman–Crippen MR) is 70.9 cm³/mol. The molecule has 2 aromatic rings. The highest BCUT2D eigenvalue weighted by molar-refractivity contribution is 6.00. The number of aromatic nitrogens is 3. The molecule has 0 saturated carbocycles. The van der Waals surface area contributed by atoms with Crippen molar-refractivity contribution in [1.82, 2.24) is 25.2 Å².